The van der Waals surface area contributed by atoms with Crippen molar-refractivity contribution in [3.63, 3.8) is 0 Å². The van der Waals surface area contributed by atoms with Gasteiger partial charge in [-0.2, -0.15) is 0 Å². The van der Waals surface area contributed by atoms with Crippen LogP contribution in [0.25, 0.3) is 0 Å². The number of carboxylic acid groups (broad SMARTS) is 1. The van der Waals surface area contributed by atoms with E-state index in [2.05, 4.69) is 4.98 Å². The maximum absolute atomic E-state index is 10.5. The van der Waals surface area contributed by atoms with Gasteiger partial charge in [0.25, 0.3) is 0 Å². The molecule has 0 aliphatic carbocycles. The topological polar surface area (TPSA) is 76.2 Å². The summed E-state index contributed by atoms with van der Waals surface area (Å²) in [5.41, 5.74) is 7.09. The number of nitrogens with zero attached hydrogens (tertiary/aromatic N) is 1. The summed E-state index contributed by atoms with van der Waals surface area (Å²) >= 11 is 0. The van der Waals surface area contributed by atoms with Crippen LogP contribution in [0.2, 0.25) is 0 Å². The van der Waals surface area contributed by atoms with E-state index in [-0.39, 0.29) is 6.42 Å². The third-order valence-electron chi connectivity index (χ3n) is 1.97. The molecule has 3 N–H and O–H groups in total. The average molecular weight is 194 g/mol. The highest BCUT2D eigenvalue weighted by atomic mass is 16.4. The first-order valence-corrected chi connectivity index (χ1v) is 4.56. The molecule has 1 atom stereocenters. The number of aryl methyl sites for hydroxylation is 1. The number of carbonyl (C=O) groups is 1. The van der Waals surface area contributed by atoms with Crippen LogP contribution < -0.4 is 5.73 Å². The van der Waals surface area contributed by atoms with Crippen LogP contribution in [0.1, 0.15) is 18.3 Å². The first kappa shape index (κ1) is 10.7. The van der Waals surface area contributed by atoms with Gasteiger partial charge in [-0.25, -0.2) is 0 Å². The van der Waals surface area contributed by atoms with Crippen LogP contribution in [0.5, 0.6) is 0 Å². The van der Waals surface area contributed by atoms with Crippen LogP contribution >= 0.6 is 0 Å². The molecule has 14 heavy (non-hydrogen) atoms. The molecule has 0 aliphatic heterocycles. The lowest BCUT2D eigenvalue weighted by Gasteiger charge is -2.06. The number of nitrogens with two attached hydrogens (primary N) is 1. The zero-order chi connectivity index (χ0) is 10.6. The molecule has 0 saturated carbocycles. The second-order valence-corrected chi connectivity index (χ2v) is 3.12. The number of rotatable bonds is 4. The fraction of sp³-hybridized carbons (Fsp3) is 0.400. The van der Waals surface area contributed by atoms with Crippen LogP contribution in [-0.4, -0.2) is 22.1 Å². The van der Waals surface area contributed by atoms with E-state index < -0.39 is 12.0 Å². The highest BCUT2D eigenvalue weighted by molar-refractivity contribution is 5.73. The standard InChI is InChI=1S/C10H14N2O2/c1-2-7-4-3-5-8(12-7)6-9(11)10(13)14/h3-5,9H,2,6,11H2,1H3,(H,13,14). The highest BCUT2D eigenvalue weighted by Gasteiger charge is 2.12. The van der Waals surface area contributed by atoms with Crippen molar-refractivity contribution in [1.82, 2.24) is 4.98 Å². The molecule has 4 nitrogen and oxygen atoms in total. The zero-order valence-corrected chi connectivity index (χ0v) is 8.10. The minimum Gasteiger partial charge on any atom is -0.480 e. The molecule has 0 aromatic carbocycles. The summed E-state index contributed by atoms with van der Waals surface area (Å²) in [6.45, 7) is 2.00. The van der Waals surface area contributed by atoms with Gasteiger partial charge in [0.2, 0.25) is 0 Å². The minimum absolute atomic E-state index is 0.281. The lowest BCUT2D eigenvalue weighted by molar-refractivity contribution is -0.138. The maximum Gasteiger partial charge on any atom is 0.320 e. The van der Waals surface area contributed by atoms with Crippen molar-refractivity contribution in [2.45, 2.75) is 25.8 Å². The molecular formula is C10H14N2O2. The Kier molecular flexibility index (Phi) is 3.59. The summed E-state index contributed by atoms with van der Waals surface area (Å²) in [6, 6.07) is 4.71. The van der Waals surface area contributed by atoms with E-state index in [4.69, 9.17) is 10.8 Å². The third-order valence-corrected chi connectivity index (χ3v) is 1.97. The van der Waals surface area contributed by atoms with Gasteiger partial charge in [0.1, 0.15) is 6.04 Å². The van der Waals surface area contributed by atoms with Gasteiger partial charge in [0, 0.05) is 17.8 Å². The molecule has 1 rings (SSSR count). The molecule has 1 aromatic heterocycles. The van der Waals surface area contributed by atoms with Crippen LogP contribution in [0.4, 0.5) is 0 Å². The Labute approximate surface area is 82.8 Å². The Morgan fingerprint density at radius 1 is 1.57 bits per heavy atom. The highest BCUT2D eigenvalue weighted by Crippen LogP contribution is 2.02. The number of carboxylic acids is 1. The van der Waals surface area contributed by atoms with E-state index in [9.17, 15) is 4.79 Å². The largest absolute Gasteiger partial charge is 0.480 e. The van der Waals surface area contributed by atoms with Gasteiger partial charge < -0.3 is 10.8 Å². The van der Waals surface area contributed by atoms with Gasteiger partial charge in [0.05, 0.1) is 0 Å². The number of pyridine rings is 1. The monoisotopic (exact) mass is 194 g/mol. The molecule has 0 radical (unpaired) electrons. The van der Waals surface area contributed by atoms with E-state index in [0.29, 0.717) is 0 Å². The summed E-state index contributed by atoms with van der Waals surface area (Å²) in [5, 5.41) is 8.62. The summed E-state index contributed by atoms with van der Waals surface area (Å²) in [5.74, 6) is -0.992. The maximum atomic E-state index is 10.5. The van der Waals surface area contributed by atoms with Crippen molar-refractivity contribution in [1.29, 1.82) is 0 Å². The van der Waals surface area contributed by atoms with Crippen LogP contribution in [0, 0.1) is 0 Å². The van der Waals surface area contributed by atoms with Crippen molar-refractivity contribution in [3.8, 4) is 0 Å². The third kappa shape index (κ3) is 2.81. The predicted molar refractivity (Wildman–Crippen MR) is 52.9 cm³/mol. The lowest BCUT2D eigenvalue weighted by atomic mass is 10.1. The molecule has 4 heteroatoms. The van der Waals surface area contributed by atoms with Gasteiger partial charge >= 0.3 is 5.97 Å². The number of hydrogen-bond acceptors (Lipinski definition) is 3. The van der Waals surface area contributed by atoms with Gasteiger partial charge in [-0.1, -0.05) is 13.0 Å². The smallest absolute Gasteiger partial charge is 0.320 e. The summed E-state index contributed by atoms with van der Waals surface area (Å²) in [6.07, 6.45) is 1.12. The molecule has 1 aromatic rings. The van der Waals surface area contributed by atoms with Crippen LogP contribution in [0.3, 0.4) is 0 Å². The second kappa shape index (κ2) is 4.72. The molecule has 0 fully saturated rings. The summed E-state index contributed by atoms with van der Waals surface area (Å²) in [7, 11) is 0. The zero-order valence-electron chi connectivity index (χ0n) is 8.10. The van der Waals surface area contributed by atoms with Crippen molar-refractivity contribution >= 4 is 5.97 Å². The minimum atomic E-state index is -0.992. The fourth-order valence-corrected chi connectivity index (χ4v) is 1.15. The Morgan fingerprint density at radius 2 is 2.21 bits per heavy atom. The van der Waals surface area contributed by atoms with Crippen molar-refractivity contribution in [3.05, 3.63) is 29.6 Å². The van der Waals surface area contributed by atoms with Gasteiger partial charge in [-0.15, -0.1) is 0 Å². The summed E-state index contributed by atoms with van der Waals surface area (Å²) in [4.78, 5) is 14.8. The number of aromatic nitrogens is 1. The Bertz CT molecular complexity index is 326. The Morgan fingerprint density at radius 3 is 2.79 bits per heavy atom. The van der Waals surface area contributed by atoms with E-state index >= 15 is 0 Å². The SMILES string of the molecule is CCc1cccc(CC(N)C(=O)O)n1. The molecule has 0 bridgehead atoms. The summed E-state index contributed by atoms with van der Waals surface area (Å²) < 4.78 is 0. The fourth-order valence-electron chi connectivity index (χ4n) is 1.15. The number of hydrogen-bond donors (Lipinski definition) is 2. The average Bonchev–Trinajstić information content (AvgIpc) is 2.18. The molecule has 1 unspecified atom stereocenters. The predicted octanol–water partition coefficient (Wildman–Crippen LogP) is 0.598. The quantitative estimate of drug-likeness (QED) is 0.735. The van der Waals surface area contributed by atoms with E-state index in [0.717, 1.165) is 17.8 Å². The molecule has 0 spiro atoms. The lowest BCUT2D eigenvalue weighted by Crippen LogP contribution is -2.32. The van der Waals surface area contributed by atoms with Gasteiger partial charge in [0.15, 0.2) is 0 Å². The van der Waals surface area contributed by atoms with E-state index in [1.54, 1.807) is 6.07 Å². The first-order valence-electron chi connectivity index (χ1n) is 4.56. The molecule has 0 saturated heterocycles. The molecule has 0 amide bonds. The second-order valence-electron chi connectivity index (χ2n) is 3.12. The molecule has 1 heterocycles. The Hall–Kier alpha value is -1.42. The molecule has 0 aliphatic rings. The normalized spacial score (nSPS) is 12.4. The molecule has 76 valence electrons. The van der Waals surface area contributed by atoms with Crippen molar-refractivity contribution < 1.29 is 9.90 Å². The van der Waals surface area contributed by atoms with Crippen LogP contribution in [0.15, 0.2) is 18.2 Å². The van der Waals surface area contributed by atoms with Crippen molar-refractivity contribution in [2.75, 3.05) is 0 Å². The van der Waals surface area contributed by atoms with Crippen LogP contribution in [-0.2, 0) is 17.6 Å². The molecular weight excluding hydrogens is 180 g/mol. The first-order chi connectivity index (χ1) is 6.63. The van der Waals surface area contributed by atoms with Gasteiger partial charge in [-0.05, 0) is 18.6 Å². The number of aliphatic carboxylic acids is 1. The van der Waals surface area contributed by atoms with E-state index in [1.165, 1.54) is 0 Å². The van der Waals surface area contributed by atoms with Crippen molar-refractivity contribution in [2.24, 2.45) is 5.73 Å². The Balaban J connectivity index is 2.71. The van der Waals surface area contributed by atoms with Gasteiger partial charge in [-0.3, -0.25) is 9.78 Å². The van der Waals surface area contributed by atoms with E-state index in [1.807, 2.05) is 19.1 Å².